The van der Waals surface area contributed by atoms with Crippen LogP contribution in [0, 0.1) is 19.8 Å². The van der Waals surface area contributed by atoms with Gasteiger partial charge in [-0.15, -0.1) is 0 Å². The minimum Gasteiger partial charge on any atom is -0.455 e. The monoisotopic (exact) mass is 448 g/mol. The van der Waals surface area contributed by atoms with Crippen molar-refractivity contribution in [1.82, 2.24) is 20.0 Å². The molecule has 32 heavy (non-hydrogen) atoms. The lowest BCUT2D eigenvalue weighted by molar-refractivity contribution is -0.148. The van der Waals surface area contributed by atoms with Crippen LogP contribution in [0.25, 0.3) is 0 Å². The Morgan fingerprint density at radius 1 is 1.16 bits per heavy atom. The van der Waals surface area contributed by atoms with Crippen molar-refractivity contribution in [3.05, 3.63) is 17.0 Å². The Bertz CT molecular complexity index is 777. The number of nitrogens with zero attached hydrogens (tertiary/aromatic N) is 3. The summed E-state index contributed by atoms with van der Waals surface area (Å²) in [4.78, 5) is 27.4. The fourth-order valence-corrected chi connectivity index (χ4v) is 5.02. The summed E-state index contributed by atoms with van der Waals surface area (Å²) in [6.07, 6.45) is 5.94. The van der Waals surface area contributed by atoms with E-state index in [2.05, 4.69) is 29.2 Å². The van der Waals surface area contributed by atoms with E-state index in [1.807, 2.05) is 18.5 Å². The van der Waals surface area contributed by atoms with E-state index in [1.54, 1.807) is 0 Å². The summed E-state index contributed by atoms with van der Waals surface area (Å²) < 4.78 is 12.8. The van der Waals surface area contributed by atoms with E-state index < -0.39 is 5.97 Å². The van der Waals surface area contributed by atoms with Gasteiger partial charge in [-0.3, -0.25) is 19.2 Å². The molecule has 180 valence electrons. The Labute approximate surface area is 192 Å². The highest BCUT2D eigenvalue weighted by Crippen LogP contribution is 2.33. The van der Waals surface area contributed by atoms with E-state index in [9.17, 15) is 9.59 Å². The van der Waals surface area contributed by atoms with Gasteiger partial charge in [-0.05, 0) is 32.6 Å². The largest absolute Gasteiger partial charge is 0.455 e. The number of carbonyl (C=O) groups excluding carboxylic acids is 2. The number of hydrogen-bond donors (Lipinski definition) is 1. The van der Waals surface area contributed by atoms with E-state index in [4.69, 9.17) is 9.47 Å². The molecule has 0 bridgehead atoms. The van der Waals surface area contributed by atoms with E-state index in [1.165, 1.54) is 19.3 Å². The lowest BCUT2D eigenvalue weighted by Gasteiger charge is -2.48. The van der Waals surface area contributed by atoms with Crippen LogP contribution in [0.3, 0.4) is 0 Å². The third-order valence-corrected chi connectivity index (χ3v) is 6.84. The van der Waals surface area contributed by atoms with Crippen molar-refractivity contribution in [3.8, 4) is 0 Å². The van der Waals surface area contributed by atoms with E-state index in [-0.39, 0.29) is 24.5 Å². The number of aryl methyl sites for hydroxylation is 1. The Kier molecular flexibility index (Phi) is 8.71. The Balaban J connectivity index is 1.49. The Morgan fingerprint density at radius 2 is 1.84 bits per heavy atom. The molecule has 3 rings (SSSR count). The third kappa shape index (κ3) is 6.32. The smallest absolute Gasteiger partial charge is 0.310 e. The zero-order valence-electron chi connectivity index (χ0n) is 20.2. The maximum absolute atomic E-state index is 12.5. The first-order valence-corrected chi connectivity index (χ1v) is 12.1. The normalized spacial score (nSPS) is 19.2. The molecular formula is C24H40N4O4. The van der Waals surface area contributed by atoms with Gasteiger partial charge in [-0.1, -0.05) is 33.1 Å². The molecule has 8 heteroatoms. The molecule has 1 N–H and O–H groups in total. The zero-order valence-corrected chi connectivity index (χ0v) is 20.2. The van der Waals surface area contributed by atoms with Crippen LogP contribution in [0.2, 0.25) is 0 Å². The molecule has 1 aliphatic carbocycles. The number of carbonyl (C=O) groups is 2. The molecule has 1 saturated carbocycles. The van der Waals surface area contributed by atoms with Gasteiger partial charge >= 0.3 is 5.97 Å². The van der Waals surface area contributed by atoms with Crippen molar-refractivity contribution in [2.45, 2.75) is 78.3 Å². The van der Waals surface area contributed by atoms with Gasteiger partial charge in [0.25, 0.3) is 5.91 Å². The number of rotatable bonds is 9. The maximum Gasteiger partial charge on any atom is 0.310 e. The van der Waals surface area contributed by atoms with Crippen molar-refractivity contribution in [2.75, 3.05) is 39.5 Å². The summed E-state index contributed by atoms with van der Waals surface area (Å²) >= 11 is 0. The fourth-order valence-electron chi connectivity index (χ4n) is 5.02. The summed E-state index contributed by atoms with van der Waals surface area (Å²) in [6.45, 7) is 12.7. The molecule has 0 unspecified atom stereocenters. The first-order valence-electron chi connectivity index (χ1n) is 12.1. The quantitative estimate of drug-likeness (QED) is 0.584. The number of esters is 1. The minimum absolute atomic E-state index is 0.000912. The number of morpholine rings is 1. The average Bonchev–Trinajstić information content (AvgIpc) is 3.04. The van der Waals surface area contributed by atoms with Crippen molar-refractivity contribution in [3.63, 3.8) is 0 Å². The van der Waals surface area contributed by atoms with E-state index in [0.717, 1.165) is 62.6 Å². The number of hydrogen-bond acceptors (Lipinski definition) is 6. The molecule has 0 radical (unpaired) electrons. The lowest BCUT2D eigenvalue weighted by Crippen LogP contribution is -2.59. The number of aromatic nitrogens is 2. The standard InChI is InChI=1S/C24H40N4O4/c1-18(2)15-28-20(4)21(19(3)26-28)14-23(30)32-16-22(29)25-17-24(8-6-5-7-9-24)27-10-12-31-13-11-27/h18H,5-17H2,1-4H3,(H,25,29). The molecule has 1 saturated heterocycles. The predicted molar refractivity (Wildman–Crippen MR) is 122 cm³/mol. The summed E-state index contributed by atoms with van der Waals surface area (Å²) in [5.41, 5.74) is 2.72. The molecule has 2 fully saturated rings. The molecule has 0 spiro atoms. The summed E-state index contributed by atoms with van der Waals surface area (Å²) in [7, 11) is 0. The van der Waals surface area contributed by atoms with E-state index in [0.29, 0.717) is 12.5 Å². The molecule has 0 aromatic carbocycles. The zero-order chi connectivity index (χ0) is 23.1. The molecule has 2 heterocycles. The van der Waals surface area contributed by atoms with Crippen LogP contribution < -0.4 is 5.32 Å². The summed E-state index contributed by atoms with van der Waals surface area (Å²) in [5.74, 6) is -0.155. The van der Waals surface area contributed by atoms with Gasteiger partial charge < -0.3 is 14.8 Å². The molecule has 0 atom stereocenters. The highest BCUT2D eigenvalue weighted by Gasteiger charge is 2.38. The van der Waals surface area contributed by atoms with Gasteiger partial charge in [0.15, 0.2) is 6.61 Å². The topological polar surface area (TPSA) is 85.7 Å². The molecule has 8 nitrogen and oxygen atoms in total. The van der Waals surface area contributed by atoms with Gasteiger partial charge in [-0.2, -0.15) is 5.10 Å². The lowest BCUT2D eigenvalue weighted by atomic mass is 9.79. The van der Waals surface area contributed by atoms with E-state index >= 15 is 0 Å². The predicted octanol–water partition coefficient (Wildman–Crippen LogP) is 2.39. The van der Waals surface area contributed by atoms with Crippen molar-refractivity contribution >= 4 is 11.9 Å². The minimum atomic E-state index is -0.393. The highest BCUT2D eigenvalue weighted by molar-refractivity contribution is 5.81. The molecule has 1 aliphatic heterocycles. The first kappa shape index (κ1) is 24.7. The molecule has 1 aromatic rings. The SMILES string of the molecule is Cc1nn(CC(C)C)c(C)c1CC(=O)OCC(=O)NCC1(N2CCOCC2)CCCCC1. The van der Waals surface area contributed by atoms with Crippen LogP contribution in [0.15, 0.2) is 0 Å². The highest BCUT2D eigenvalue weighted by atomic mass is 16.5. The molecule has 1 aromatic heterocycles. The Hall–Kier alpha value is -1.93. The van der Waals surface area contributed by atoms with Crippen LogP contribution >= 0.6 is 0 Å². The Morgan fingerprint density at radius 3 is 2.50 bits per heavy atom. The van der Waals surface area contributed by atoms with Gasteiger partial charge in [0.2, 0.25) is 0 Å². The number of nitrogens with one attached hydrogen (secondary N) is 1. The fraction of sp³-hybridized carbons (Fsp3) is 0.792. The van der Waals surface area contributed by atoms with Crippen molar-refractivity contribution < 1.29 is 19.1 Å². The van der Waals surface area contributed by atoms with Crippen molar-refractivity contribution in [1.29, 1.82) is 0 Å². The van der Waals surface area contributed by atoms with Crippen LogP contribution in [0.1, 0.15) is 62.9 Å². The second-order valence-corrected chi connectivity index (χ2v) is 9.72. The second-order valence-electron chi connectivity index (χ2n) is 9.72. The number of amides is 1. The van der Waals surface area contributed by atoms with Gasteiger partial charge in [-0.25, -0.2) is 0 Å². The summed E-state index contributed by atoms with van der Waals surface area (Å²) in [5, 5.41) is 7.59. The second kappa shape index (κ2) is 11.3. The molecular weight excluding hydrogens is 408 g/mol. The first-order chi connectivity index (χ1) is 15.3. The molecule has 2 aliphatic rings. The van der Waals surface area contributed by atoms with Gasteiger partial charge in [0.05, 0.1) is 25.3 Å². The van der Waals surface area contributed by atoms with Crippen molar-refractivity contribution in [2.24, 2.45) is 5.92 Å². The average molecular weight is 449 g/mol. The van der Waals surface area contributed by atoms with Gasteiger partial charge in [0, 0.05) is 43.0 Å². The molecule has 1 amide bonds. The third-order valence-electron chi connectivity index (χ3n) is 6.84. The maximum atomic E-state index is 12.5. The van der Waals surface area contributed by atoms with Crippen LogP contribution in [-0.4, -0.2) is 71.6 Å². The number of ether oxygens (including phenoxy) is 2. The van der Waals surface area contributed by atoms with Gasteiger partial charge in [0.1, 0.15) is 0 Å². The van der Waals surface area contributed by atoms with Crippen LogP contribution in [0.4, 0.5) is 0 Å². The van der Waals surface area contributed by atoms with Crippen LogP contribution in [0.5, 0.6) is 0 Å². The van der Waals surface area contributed by atoms with Crippen LogP contribution in [-0.2, 0) is 32.0 Å². The summed E-state index contributed by atoms with van der Waals surface area (Å²) in [6, 6.07) is 0.